The molecule has 0 aliphatic carbocycles. The van der Waals surface area contributed by atoms with Crippen LogP contribution in [0, 0.1) is 18.8 Å². The Morgan fingerprint density at radius 1 is 1.32 bits per heavy atom. The summed E-state index contributed by atoms with van der Waals surface area (Å²) in [7, 11) is 0. The first-order valence-electron chi connectivity index (χ1n) is 7.62. The van der Waals surface area contributed by atoms with E-state index in [0.29, 0.717) is 24.6 Å². The van der Waals surface area contributed by atoms with Crippen LogP contribution in [0.25, 0.3) is 5.69 Å². The molecule has 1 saturated heterocycles. The van der Waals surface area contributed by atoms with Crippen molar-refractivity contribution in [3.8, 4) is 5.69 Å². The highest BCUT2D eigenvalue weighted by atomic mass is 16.3. The number of nitrogens with zero attached hydrogens (tertiary/aromatic N) is 3. The number of hydrogen-bond acceptors (Lipinski definition) is 3. The molecule has 1 aliphatic rings. The van der Waals surface area contributed by atoms with E-state index in [-0.39, 0.29) is 18.4 Å². The molecule has 5 nitrogen and oxygen atoms in total. The van der Waals surface area contributed by atoms with E-state index in [1.54, 1.807) is 10.9 Å². The molecule has 1 amide bonds. The van der Waals surface area contributed by atoms with Crippen molar-refractivity contribution in [3.05, 3.63) is 47.8 Å². The maximum Gasteiger partial charge on any atom is 0.257 e. The van der Waals surface area contributed by atoms with Crippen molar-refractivity contribution in [2.75, 3.05) is 19.7 Å². The van der Waals surface area contributed by atoms with Crippen LogP contribution in [0.15, 0.2) is 36.5 Å². The van der Waals surface area contributed by atoms with Gasteiger partial charge in [-0.15, -0.1) is 0 Å². The highest BCUT2D eigenvalue weighted by Gasteiger charge is 2.33. The number of likely N-dealkylation sites (tertiary alicyclic amines) is 1. The van der Waals surface area contributed by atoms with Gasteiger partial charge in [-0.1, -0.05) is 25.1 Å². The molecule has 1 aromatic heterocycles. The van der Waals surface area contributed by atoms with E-state index in [9.17, 15) is 9.90 Å². The monoisotopic (exact) mass is 299 g/mol. The molecule has 116 valence electrons. The minimum absolute atomic E-state index is 0.00230. The summed E-state index contributed by atoms with van der Waals surface area (Å²) in [6, 6.07) is 9.79. The molecule has 1 N–H and O–H groups in total. The van der Waals surface area contributed by atoms with Gasteiger partial charge in [0.1, 0.15) is 0 Å². The molecular formula is C17H21N3O2. The number of aliphatic hydroxyl groups excluding tert-OH is 1. The molecule has 0 bridgehead atoms. The molecule has 22 heavy (non-hydrogen) atoms. The maximum atomic E-state index is 12.7. The summed E-state index contributed by atoms with van der Waals surface area (Å²) >= 11 is 0. The Morgan fingerprint density at radius 2 is 2.05 bits per heavy atom. The minimum Gasteiger partial charge on any atom is -0.396 e. The summed E-state index contributed by atoms with van der Waals surface area (Å²) in [5.74, 6) is 0.509. The Balaban J connectivity index is 1.85. The van der Waals surface area contributed by atoms with Gasteiger partial charge in [0.2, 0.25) is 0 Å². The SMILES string of the molecule is Cc1c(C(=O)N2C[C@@H](CO)[C@H](C)C2)cnn1-c1ccccc1. The second kappa shape index (κ2) is 5.93. The van der Waals surface area contributed by atoms with E-state index in [1.807, 2.05) is 42.2 Å². The number of benzene rings is 1. The smallest absolute Gasteiger partial charge is 0.257 e. The Hall–Kier alpha value is -2.14. The standard InChI is InChI=1S/C17H21N3O2/c1-12-9-19(10-14(12)11-21)17(22)16-8-18-20(13(16)2)15-6-4-3-5-7-15/h3-8,12,14,21H,9-11H2,1-2H3/t12-,14+/m1/s1. The number of carbonyl (C=O) groups is 1. The Morgan fingerprint density at radius 3 is 2.68 bits per heavy atom. The quantitative estimate of drug-likeness (QED) is 0.941. The van der Waals surface area contributed by atoms with Crippen LogP contribution >= 0.6 is 0 Å². The van der Waals surface area contributed by atoms with Gasteiger partial charge in [-0.05, 0) is 25.0 Å². The molecule has 0 spiro atoms. The zero-order chi connectivity index (χ0) is 15.7. The lowest BCUT2D eigenvalue weighted by Crippen LogP contribution is -2.29. The lowest BCUT2D eigenvalue weighted by Gasteiger charge is -2.16. The molecule has 5 heteroatoms. The van der Waals surface area contributed by atoms with Crippen LogP contribution in [-0.4, -0.2) is 45.4 Å². The van der Waals surface area contributed by atoms with Crippen LogP contribution < -0.4 is 0 Å². The molecular weight excluding hydrogens is 278 g/mol. The molecule has 3 rings (SSSR count). The number of aromatic nitrogens is 2. The molecule has 2 heterocycles. The number of hydrogen-bond donors (Lipinski definition) is 1. The molecule has 1 aromatic carbocycles. The molecule has 0 unspecified atom stereocenters. The van der Waals surface area contributed by atoms with Crippen molar-refractivity contribution in [3.63, 3.8) is 0 Å². The molecule has 0 saturated carbocycles. The fraction of sp³-hybridized carbons (Fsp3) is 0.412. The van der Waals surface area contributed by atoms with E-state index in [4.69, 9.17) is 0 Å². The van der Waals surface area contributed by atoms with Crippen LogP contribution in [0.1, 0.15) is 23.0 Å². The topological polar surface area (TPSA) is 58.4 Å². The van der Waals surface area contributed by atoms with Crippen LogP contribution in [0.4, 0.5) is 0 Å². The zero-order valence-corrected chi connectivity index (χ0v) is 12.9. The van der Waals surface area contributed by atoms with E-state index in [0.717, 1.165) is 11.4 Å². The van der Waals surface area contributed by atoms with Gasteiger partial charge >= 0.3 is 0 Å². The lowest BCUT2D eigenvalue weighted by molar-refractivity contribution is 0.0780. The second-order valence-corrected chi connectivity index (χ2v) is 6.02. The van der Waals surface area contributed by atoms with Gasteiger partial charge in [0.05, 0.1) is 23.1 Å². The summed E-state index contributed by atoms with van der Waals surface area (Å²) in [5.41, 5.74) is 2.42. The average molecular weight is 299 g/mol. The molecule has 0 radical (unpaired) electrons. The lowest BCUT2D eigenvalue weighted by atomic mass is 10.00. The maximum absolute atomic E-state index is 12.7. The van der Waals surface area contributed by atoms with E-state index in [2.05, 4.69) is 12.0 Å². The minimum atomic E-state index is 0.00230. The third-order valence-electron chi connectivity index (χ3n) is 4.53. The van der Waals surface area contributed by atoms with E-state index in [1.165, 1.54) is 0 Å². The molecule has 1 aliphatic heterocycles. The van der Waals surface area contributed by atoms with Gasteiger partial charge in [-0.2, -0.15) is 5.10 Å². The number of para-hydroxylation sites is 1. The van der Waals surface area contributed by atoms with Crippen LogP contribution in [-0.2, 0) is 0 Å². The molecule has 2 aromatic rings. The first-order chi connectivity index (χ1) is 10.6. The van der Waals surface area contributed by atoms with Gasteiger partial charge in [-0.25, -0.2) is 4.68 Å². The van der Waals surface area contributed by atoms with E-state index >= 15 is 0 Å². The van der Waals surface area contributed by atoms with Crippen molar-refractivity contribution in [1.29, 1.82) is 0 Å². The van der Waals surface area contributed by atoms with Crippen LogP contribution in [0.3, 0.4) is 0 Å². The van der Waals surface area contributed by atoms with E-state index < -0.39 is 0 Å². The molecule has 1 fully saturated rings. The Labute approximate surface area is 130 Å². The first kappa shape index (κ1) is 14.8. The molecule has 2 atom stereocenters. The van der Waals surface area contributed by atoms with Gasteiger partial charge in [-0.3, -0.25) is 4.79 Å². The summed E-state index contributed by atoms with van der Waals surface area (Å²) in [6.45, 7) is 5.43. The third kappa shape index (κ3) is 2.52. The fourth-order valence-corrected chi connectivity index (χ4v) is 3.06. The highest BCUT2D eigenvalue weighted by molar-refractivity contribution is 5.95. The number of amides is 1. The fourth-order valence-electron chi connectivity index (χ4n) is 3.06. The normalized spacial score (nSPS) is 21.3. The number of rotatable bonds is 3. The summed E-state index contributed by atoms with van der Waals surface area (Å²) < 4.78 is 1.79. The van der Waals surface area contributed by atoms with Gasteiger partial charge in [0, 0.05) is 25.6 Å². The summed E-state index contributed by atoms with van der Waals surface area (Å²) in [5, 5.41) is 13.7. The van der Waals surface area contributed by atoms with Crippen molar-refractivity contribution >= 4 is 5.91 Å². The third-order valence-corrected chi connectivity index (χ3v) is 4.53. The Kier molecular flexibility index (Phi) is 3.98. The Bertz CT molecular complexity index is 666. The number of carbonyl (C=O) groups excluding carboxylic acids is 1. The first-order valence-corrected chi connectivity index (χ1v) is 7.62. The zero-order valence-electron chi connectivity index (χ0n) is 12.9. The number of aliphatic hydroxyl groups is 1. The van der Waals surface area contributed by atoms with Crippen molar-refractivity contribution < 1.29 is 9.90 Å². The van der Waals surface area contributed by atoms with Gasteiger partial charge < -0.3 is 10.0 Å². The summed E-state index contributed by atoms with van der Waals surface area (Å²) in [4.78, 5) is 14.5. The van der Waals surface area contributed by atoms with Gasteiger partial charge in [0.15, 0.2) is 0 Å². The average Bonchev–Trinajstić information content (AvgIpc) is 3.10. The highest BCUT2D eigenvalue weighted by Crippen LogP contribution is 2.25. The van der Waals surface area contributed by atoms with Crippen LogP contribution in [0.2, 0.25) is 0 Å². The van der Waals surface area contributed by atoms with Crippen molar-refractivity contribution in [1.82, 2.24) is 14.7 Å². The van der Waals surface area contributed by atoms with Crippen molar-refractivity contribution in [2.24, 2.45) is 11.8 Å². The van der Waals surface area contributed by atoms with Crippen LogP contribution in [0.5, 0.6) is 0 Å². The van der Waals surface area contributed by atoms with Gasteiger partial charge in [0.25, 0.3) is 5.91 Å². The van der Waals surface area contributed by atoms with Crippen molar-refractivity contribution in [2.45, 2.75) is 13.8 Å². The predicted octanol–water partition coefficient (Wildman–Crippen LogP) is 1.88. The largest absolute Gasteiger partial charge is 0.396 e. The predicted molar refractivity (Wildman–Crippen MR) is 83.9 cm³/mol. The second-order valence-electron chi connectivity index (χ2n) is 6.02. The summed E-state index contributed by atoms with van der Waals surface area (Å²) in [6.07, 6.45) is 1.64.